The lowest BCUT2D eigenvalue weighted by Crippen LogP contribution is -2.29. The molecule has 3 aromatic carbocycles. The summed E-state index contributed by atoms with van der Waals surface area (Å²) in [5.74, 6) is -1.88. The topological polar surface area (TPSA) is 77.8 Å². The third-order valence-electron chi connectivity index (χ3n) is 6.43. The number of halogens is 2. The minimum Gasteiger partial charge on any atom is -0.508 e. The van der Waals surface area contributed by atoms with E-state index in [0.717, 1.165) is 31.2 Å². The smallest absolute Gasteiger partial charge is 0.300 e. The quantitative estimate of drug-likeness (QED) is 0.258. The minimum absolute atomic E-state index is 0.0222. The van der Waals surface area contributed by atoms with E-state index in [0.29, 0.717) is 21.8 Å². The summed E-state index contributed by atoms with van der Waals surface area (Å²) < 4.78 is 0. The number of phenols is 1. The summed E-state index contributed by atoms with van der Waals surface area (Å²) in [6.45, 7) is 0. The molecular formula is C27H21Cl2NO4. The summed E-state index contributed by atoms with van der Waals surface area (Å²) in [4.78, 5) is 27.8. The predicted octanol–water partition coefficient (Wildman–Crippen LogP) is 6.20. The zero-order valence-corrected chi connectivity index (χ0v) is 19.6. The third-order valence-corrected chi connectivity index (χ3v) is 7.17. The van der Waals surface area contributed by atoms with Gasteiger partial charge in [0.05, 0.1) is 21.7 Å². The van der Waals surface area contributed by atoms with E-state index in [9.17, 15) is 19.8 Å². The average molecular weight is 494 g/mol. The van der Waals surface area contributed by atoms with Gasteiger partial charge in [0.15, 0.2) is 0 Å². The standard InChI is InChI=1S/C27H21Cl2NO4/c28-21-11-10-19(14-22(21)29)30-24(17-6-3-7-20(31)13-17)23(26(33)27(30)34)25(32)18-9-8-15-4-1-2-5-16(15)12-18/h3,6-14,24,31-32H,1-2,4-5H2/b25-23-. The second-order valence-electron chi connectivity index (χ2n) is 8.55. The molecule has 1 aliphatic carbocycles. The van der Waals surface area contributed by atoms with Crippen molar-refractivity contribution in [3.63, 3.8) is 0 Å². The first-order valence-corrected chi connectivity index (χ1v) is 11.8. The summed E-state index contributed by atoms with van der Waals surface area (Å²) in [5.41, 5.74) is 3.65. The summed E-state index contributed by atoms with van der Waals surface area (Å²) in [5, 5.41) is 22.0. The van der Waals surface area contributed by atoms with Gasteiger partial charge in [-0.1, -0.05) is 47.5 Å². The Morgan fingerprint density at radius 2 is 1.65 bits per heavy atom. The molecule has 1 aliphatic heterocycles. The second kappa shape index (κ2) is 8.82. The first kappa shape index (κ1) is 22.5. The van der Waals surface area contributed by atoms with Crippen LogP contribution in [0.1, 0.15) is 41.1 Å². The number of ketones is 1. The molecule has 5 nitrogen and oxygen atoms in total. The van der Waals surface area contributed by atoms with E-state index in [1.165, 1.54) is 28.7 Å². The minimum atomic E-state index is -0.958. The van der Waals surface area contributed by atoms with Crippen molar-refractivity contribution in [2.24, 2.45) is 0 Å². The maximum Gasteiger partial charge on any atom is 0.300 e. The molecule has 7 heteroatoms. The number of hydrogen-bond donors (Lipinski definition) is 2. The Bertz CT molecular complexity index is 1360. The fourth-order valence-corrected chi connectivity index (χ4v) is 5.07. The number of phenolic OH excluding ortho intramolecular Hbond substituents is 1. The maximum absolute atomic E-state index is 13.3. The molecule has 1 unspecified atom stereocenters. The Labute approximate surface area is 206 Å². The molecule has 1 amide bonds. The van der Waals surface area contributed by atoms with Gasteiger partial charge in [-0.05, 0) is 78.8 Å². The lowest BCUT2D eigenvalue weighted by Gasteiger charge is -2.26. The number of aliphatic hydroxyl groups is 1. The highest BCUT2D eigenvalue weighted by Gasteiger charge is 2.47. The largest absolute Gasteiger partial charge is 0.508 e. The number of nitrogens with zero attached hydrogens (tertiary/aromatic N) is 1. The van der Waals surface area contributed by atoms with Gasteiger partial charge in [0.1, 0.15) is 11.5 Å². The molecule has 5 rings (SSSR count). The molecule has 2 aliphatic rings. The number of rotatable bonds is 3. The molecule has 1 heterocycles. The van der Waals surface area contributed by atoms with Crippen molar-refractivity contribution in [3.8, 4) is 5.75 Å². The van der Waals surface area contributed by atoms with Crippen LogP contribution >= 0.6 is 23.2 Å². The second-order valence-corrected chi connectivity index (χ2v) is 9.37. The Morgan fingerprint density at radius 3 is 2.38 bits per heavy atom. The average Bonchev–Trinajstić information content (AvgIpc) is 3.10. The fraction of sp³-hybridized carbons (Fsp3) is 0.185. The predicted molar refractivity (Wildman–Crippen MR) is 132 cm³/mol. The molecule has 2 N–H and O–H groups in total. The number of Topliss-reactive ketones (excluding diaryl/α,β-unsaturated/α-hetero) is 1. The van der Waals surface area contributed by atoms with Gasteiger partial charge in [-0.2, -0.15) is 0 Å². The normalized spacial score (nSPS) is 19.4. The highest BCUT2D eigenvalue weighted by Crippen LogP contribution is 2.44. The lowest BCUT2D eigenvalue weighted by atomic mass is 9.88. The number of aliphatic hydroxyl groups excluding tert-OH is 1. The highest BCUT2D eigenvalue weighted by molar-refractivity contribution is 6.52. The number of carbonyl (C=O) groups excluding carboxylic acids is 2. The van der Waals surface area contributed by atoms with Crippen LogP contribution in [0.2, 0.25) is 10.0 Å². The van der Waals surface area contributed by atoms with Crippen LogP contribution in [0.25, 0.3) is 5.76 Å². The first-order chi connectivity index (χ1) is 16.3. The monoisotopic (exact) mass is 493 g/mol. The van der Waals surface area contributed by atoms with Crippen molar-refractivity contribution in [2.75, 3.05) is 4.90 Å². The van der Waals surface area contributed by atoms with E-state index in [1.54, 1.807) is 30.3 Å². The van der Waals surface area contributed by atoms with E-state index >= 15 is 0 Å². The number of fused-ring (bicyclic) bond motifs is 1. The van der Waals surface area contributed by atoms with Crippen molar-refractivity contribution in [2.45, 2.75) is 31.7 Å². The van der Waals surface area contributed by atoms with Crippen LogP contribution in [-0.4, -0.2) is 21.9 Å². The van der Waals surface area contributed by atoms with E-state index in [4.69, 9.17) is 23.2 Å². The van der Waals surface area contributed by atoms with Crippen molar-refractivity contribution >= 4 is 46.3 Å². The number of amides is 1. The van der Waals surface area contributed by atoms with Gasteiger partial charge < -0.3 is 10.2 Å². The molecule has 172 valence electrons. The number of benzene rings is 3. The van der Waals surface area contributed by atoms with Crippen molar-refractivity contribution in [3.05, 3.63) is 98.5 Å². The van der Waals surface area contributed by atoms with Crippen LogP contribution in [0.15, 0.2) is 66.2 Å². The van der Waals surface area contributed by atoms with Crippen molar-refractivity contribution < 1.29 is 19.8 Å². The van der Waals surface area contributed by atoms with Gasteiger partial charge in [0.2, 0.25) is 0 Å². The molecule has 0 spiro atoms. The maximum atomic E-state index is 13.3. The van der Waals surface area contributed by atoms with Crippen LogP contribution in [0.5, 0.6) is 5.75 Å². The molecule has 1 fully saturated rings. The Kier molecular flexibility index (Phi) is 5.84. The van der Waals surface area contributed by atoms with Crippen molar-refractivity contribution in [1.29, 1.82) is 0 Å². The molecule has 34 heavy (non-hydrogen) atoms. The van der Waals surface area contributed by atoms with Crippen LogP contribution in [0.4, 0.5) is 5.69 Å². The first-order valence-electron chi connectivity index (χ1n) is 11.0. The number of aryl methyl sites for hydroxylation is 2. The van der Waals surface area contributed by atoms with Gasteiger partial charge in [0.25, 0.3) is 11.7 Å². The SMILES string of the molecule is O=C1C(=O)N(c2ccc(Cl)c(Cl)c2)C(c2cccc(O)c2)/C1=C(/O)c1ccc2c(c1)CCCC2. The van der Waals surface area contributed by atoms with Gasteiger partial charge in [-0.25, -0.2) is 0 Å². The molecule has 3 aromatic rings. The molecule has 0 aromatic heterocycles. The van der Waals surface area contributed by atoms with E-state index in [-0.39, 0.29) is 22.1 Å². The summed E-state index contributed by atoms with van der Waals surface area (Å²) in [6, 6.07) is 15.6. The van der Waals surface area contributed by atoms with Gasteiger partial charge in [0, 0.05) is 11.3 Å². The molecule has 0 radical (unpaired) electrons. The number of anilines is 1. The van der Waals surface area contributed by atoms with Crippen LogP contribution in [-0.2, 0) is 22.4 Å². The molecule has 0 saturated carbocycles. The van der Waals surface area contributed by atoms with E-state index < -0.39 is 17.7 Å². The Morgan fingerprint density at radius 1 is 0.882 bits per heavy atom. The van der Waals surface area contributed by atoms with E-state index in [2.05, 4.69) is 0 Å². The lowest BCUT2D eigenvalue weighted by molar-refractivity contribution is -0.132. The molecule has 1 atom stereocenters. The fourth-order valence-electron chi connectivity index (χ4n) is 4.78. The molecule has 0 bridgehead atoms. The molecule has 1 saturated heterocycles. The van der Waals surface area contributed by atoms with Crippen LogP contribution < -0.4 is 4.90 Å². The Hall–Kier alpha value is -3.28. The molecular weight excluding hydrogens is 473 g/mol. The highest BCUT2D eigenvalue weighted by atomic mass is 35.5. The number of aromatic hydroxyl groups is 1. The number of carbonyl (C=O) groups is 2. The third kappa shape index (κ3) is 3.85. The summed E-state index contributed by atoms with van der Waals surface area (Å²) in [6.07, 6.45) is 4.10. The van der Waals surface area contributed by atoms with Gasteiger partial charge in [-0.15, -0.1) is 0 Å². The van der Waals surface area contributed by atoms with Crippen LogP contribution in [0.3, 0.4) is 0 Å². The Balaban J connectivity index is 1.71. The zero-order valence-electron chi connectivity index (χ0n) is 18.1. The summed E-state index contributed by atoms with van der Waals surface area (Å²) in [7, 11) is 0. The van der Waals surface area contributed by atoms with Gasteiger partial charge >= 0.3 is 0 Å². The van der Waals surface area contributed by atoms with Gasteiger partial charge in [-0.3, -0.25) is 14.5 Å². The van der Waals surface area contributed by atoms with E-state index in [1.807, 2.05) is 12.1 Å². The number of hydrogen-bond acceptors (Lipinski definition) is 4. The zero-order chi connectivity index (χ0) is 24.0. The summed E-state index contributed by atoms with van der Waals surface area (Å²) >= 11 is 12.3. The van der Waals surface area contributed by atoms with Crippen LogP contribution in [0, 0.1) is 0 Å². The van der Waals surface area contributed by atoms with Crippen molar-refractivity contribution in [1.82, 2.24) is 0 Å².